The fourth-order valence-electron chi connectivity index (χ4n) is 4.33. The number of carbonyl (C=O) groups excluding carboxylic acids is 2. The van der Waals surface area contributed by atoms with Crippen molar-refractivity contribution in [2.24, 2.45) is 0 Å². The van der Waals surface area contributed by atoms with Crippen LogP contribution in [0.15, 0.2) is 72.3 Å². The maximum absolute atomic E-state index is 13.5. The highest BCUT2D eigenvalue weighted by molar-refractivity contribution is 6.52. The first-order valence-corrected chi connectivity index (χ1v) is 12.5. The number of carbonyl (C=O) groups is 2. The molecule has 1 aliphatic rings. The van der Waals surface area contributed by atoms with Crippen molar-refractivity contribution in [3.05, 3.63) is 88.5 Å². The first-order chi connectivity index (χ1) is 17.9. The van der Waals surface area contributed by atoms with Gasteiger partial charge in [-0.2, -0.15) is 0 Å². The maximum atomic E-state index is 13.5. The molecule has 1 heterocycles. The van der Waals surface area contributed by atoms with Crippen LogP contribution in [0.5, 0.6) is 17.2 Å². The molecule has 0 aliphatic carbocycles. The summed E-state index contributed by atoms with van der Waals surface area (Å²) < 4.78 is 17.0. The third-order valence-corrected chi connectivity index (χ3v) is 6.20. The molecule has 0 spiro atoms. The molecule has 1 fully saturated rings. The number of hydrogen-bond donors (Lipinski definition) is 1. The lowest BCUT2D eigenvalue weighted by Gasteiger charge is -2.26. The number of aliphatic hydroxyl groups excluding tert-OH is 1. The number of nitrogens with zero attached hydrogens (tertiary/aromatic N) is 1. The average Bonchev–Trinajstić information content (AvgIpc) is 3.17. The van der Waals surface area contributed by atoms with E-state index < -0.39 is 17.7 Å². The predicted octanol–water partition coefficient (Wildman–Crippen LogP) is 6.16. The summed E-state index contributed by atoms with van der Waals surface area (Å²) in [4.78, 5) is 28.3. The Morgan fingerprint density at radius 2 is 1.54 bits per heavy atom. The Balaban J connectivity index is 1.92. The van der Waals surface area contributed by atoms with E-state index in [2.05, 4.69) is 0 Å². The van der Waals surface area contributed by atoms with E-state index in [0.717, 1.165) is 0 Å². The Bertz CT molecular complexity index is 1340. The van der Waals surface area contributed by atoms with Gasteiger partial charge in [-0.25, -0.2) is 0 Å². The standard InChI is InChI=1S/C29H28ClNO6/c1-4-35-20-13-14-22(30)21(17-20)27(32)25-26(18-10-8-7-9-11-18)31(29(34)28(25)33)19-12-15-23(36-5-2)24(16-19)37-6-3/h7-17,26,32H,4-6H2,1-3H3/b27-25+. The summed E-state index contributed by atoms with van der Waals surface area (Å²) in [5.41, 5.74) is 1.20. The molecule has 37 heavy (non-hydrogen) atoms. The minimum absolute atomic E-state index is 0.0707. The zero-order valence-electron chi connectivity index (χ0n) is 20.9. The number of ether oxygens (including phenoxy) is 3. The van der Waals surface area contributed by atoms with E-state index in [1.807, 2.05) is 39.0 Å². The molecule has 3 aromatic carbocycles. The summed E-state index contributed by atoms with van der Waals surface area (Å²) in [6.07, 6.45) is 0. The number of ketones is 1. The zero-order chi connectivity index (χ0) is 26.5. The fraction of sp³-hybridized carbons (Fsp3) is 0.241. The second-order valence-corrected chi connectivity index (χ2v) is 8.56. The fourth-order valence-corrected chi connectivity index (χ4v) is 4.53. The second kappa shape index (κ2) is 11.4. The van der Waals surface area contributed by atoms with Crippen LogP contribution in [-0.4, -0.2) is 36.6 Å². The lowest BCUT2D eigenvalue weighted by Crippen LogP contribution is -2.29. The average molecular weight is 522 g/mol. The van der Waals surface area contributed by atoms with Gasteiger partial charge >= 0.3 is 0 Å². The van der Waals surface area contributed by atoms with E-state index >= 15 is 0 Å². The van der Waals surface area contributed by atoms with Crippen molar-refractivity contribution in [1.29, 1.82) is 0 Å². The molecule has 4 rings (SSSR count). The van der Waals surface area contributed by atoms with Gasteiger partial charge in [0.1, 0.15) is 11.5 Å². The van der Waals surface area contributed by atoms with Gasteiger partial charge in [0.25, 0.3) is 11.7 Å². The number of rotatable bonds is 9. The lowest BCUT2D eigenvalue weighted by atomic mass is 9.95. The molecule has 3 aromatic rings. The number of hydrogen-bond acceptors (Lipinski definition) is 6. The SMILES string of the molecule is CCOc1ccc(Cl)c(/C(O)=C2\C(=O)C(=O)N(c3ccc(OCC)c(OCC)c3)C2c2ccccc2)c1. The maximum Gasteiger partial charge on any atom is 0.300 e. The number of Topliss-reactive ketones (excluding diaryl/α,β-unsaturated/α-hetero) is 1. The summed E-state index contributed by atoms with van der Waals surface area (Å²) in [6.45, 7) is 6.79. The monoisotopic (exact) mass is 521 g/mol. The number of amides is 1. The summed E-state index contributed by atoms with van der Waals surface area (Å²) in [5, 5.41) is 11.6. The van der Waals surface area contributed by atoms with Crippen LogP contribution in [0.4, 0.5) is 5.69 Å². The van der Waals surface area contributed by atoms with Gasteiger partial charge in [-0.1, -0.05) is 41.9 Å². The quantitative estimate of drug-likeness (QED) is 0.206. The first kappa shape index (κ1) is 26.1. The van der Waals surface area contributed by atoms with Gasteiger partial charge in [-0.05, 0) is 56.7 Å². The largest absolute Gasteiger partial charge is 0.507 e. The van der Waals surface area contributed by atoms with E-state index in [9.17, 15) is 14.7 Å². The molecular weight excluding hydrogens is 494 g/mol. The van der Waals surface area contributed by atoms with Gasteiger partial charge in [0.05, 0.1) is 36.5 Å². The Kier molecular flexibility index (Phi) is 8.04. The molecule has 1 amide bonds. The molecule has 0 aromatic heterocycles. The molecule has 1 atom stereocenters. The lowest BCUT2D eigenvalue weighted by molar-refractivity contribution is -0.132. The van der Waals surface area contributed by atoms with E-state index in [1.165, 1.54) is 4.90 Å². The minimum atomic E-state index is -0.902. The van der Waals surface area contributed by atoms with Crippen LogP contribution < -0.4 is 19.1 Å². The van der Waals surface area contributed by atoms with Gasteiger partial charge in [0.2, 0.25) is 0 Å². The van der Waals surface area contributed by atoms with Crippen molar-refractivity contribution < 1.29 is 28.9 Å². The van der Waals surface area contributed by atoms with Crippen molar-refractivity contribution in [1.82, 2.24) is 0 Å². The van der Waals surface area contributed by atoms with Gasteiger partial charge in [0.15, 0.2) is 11.5 Å². The highest BCUT2D eigenvalue weighted by atomic mass is 35.5. The van der Waals surface area contributed by atoms with Crippen LogP contribution >= 0.6 is 11.6 Å². The van der Waals surface area contributed by atoms with Crippen LogP contribution in [0, 0.1) is 0 Å². The van der Waals surface area contributed by atoms with Gasteiger partial charge < -0.3 is 19.3 Å². The Hall–Kier alpha value is -3.97. The van der Waals surface area contributed by atoms with Crippen molar-refractivity contribution >= 4 is 34.7 Å². The molecule has 1 aliphatic heterocycles. The number of aliphatic hydroxyl groups is 1. The Morgan fingerprint density at radius 1 is 0.865 bits per heavy atom. The van der Waals surface area contributed by atoms with Crippen LogP contribution in [0.2, 0.25) is 5.02 Å². The number of halogens is 1. The van der Waals surface area contributed by atoms with Gasteiger partial charge in [-0.3, -0.25) is 14.5 Å². The molecule has 1 N–H and O–H groups in total. The zero-order valence-corrected chi connectivity index (χ0v) is 21.6. The third-order valence-electron chi connectivity index (χ3n) is 5.87. The molecule has 0 saturated carbocycles. The molecule has 1 unspecified atom stereocenters. The molecule has 7 nitrogen and oxygen atoms in total. The molecule has 192 valence electrons. The molecule has 1 saturated heterocycles. The first-order valence-electron chi connectivity index (χ1n) is 12.1. The minimum Gasteiger partial charge on any atom is -0.507 e. The highest BCUT2D eigenvalue weighted by Gasteiger charge is 2.47. The highest BCUT2D eigenvalue weighted by Crippen LogP contribution is 2.45. The summed E-state index contributed by atoms with van der Waals surface area (Å²) in [5.74, 6) is -0.525. The number of benzene rings is 3. The van der Waals surface area contributed by atoms with E-state index in [4.69, 9.17) is 25.8 Å². The topological polar surface area (TPSA) is 85.3 Å². The summed E-state index contributed by atoms with van der Waals surface area (Å²) in [6, 6.07) is 18.0. The van der Waals surface area contributed by atoms with Crippen molar-refractivity contribution in [2.75, 3.05) is 24.7 Å². The smallest absolute Gasteiger partial charge is 0.300 e. The Labute approximate surface area is 220 Å². The second-order valence-electron chi connectivity index (χ2n) is 8.15. The van der Waals surface area contributed by atoms with Crippen molar-refractivity contribution in [3.63, 3.8) is 0 Å². The summed E-state index contributed by atoms with van der Waals surface area (Å²) in [7, 11) is 0. The predicted molar refractivity (Wildman–Crippen MR) is 143 cm³/mol. The van der Waals surface area contributed by atoms with E-state index in [-0.39, 0.29) is 21.9 Å². The Morgan fingerprint density at radius 3 is 2.22 bits per heavy atom. The molecule has 8 heteroatoms. The van der Waals surface area contributed by atoms with Crippen LogP contribution in [0.3, 0.4) is 0 Å². The van der Waals surface area contributed by atoms with Crippen LogP contribution in [0.1, 0.15) is 37.9 Å². The third kappa shape index (κ3) is 5.13. The molecule has 0 bridgehead atoms. The van der Waals surface area contributed by atoms with Gasteiger partial charge in [-0.15, -0.1) is 0 Å². The normalized spacial score (nSPS) is 16.6. The van der Waals surface area contributed by atoms with Gasteiger partial charge in [0, 0.05) is 17.3 Å². The van der Waals surface area contributed by atoms with Crippen LogP contribution in [0.25, 0.3) is 5.76 Å². The van der Waals surface area contributed by atoms with Crippen molar-refractivity contribution in [3.8, 4) is 17.2 Å². The molecular formula is C29H28ClNO6. The number of anilines is 1. The molecule has 0 radical (unpaired) electrons. The van der Waals surface area contributed by atoms with Crippen LogP contribution in [-0.2, 0) is 9.59 Å². The summed E-state index contributed by atoms with van der Waals surface area (Å²) >= 11 is 6.41. The van der Waals surface area contributed by atoms with E-state index in [0.29, 0.717) is 48.3 Å². The van der Waals surface area contributed by atoms with Crippen molar-refractivity contribution in [2.45, 2.75) is 26.8 Å². The van der Waals surface area contributed by atoms with E-state index in [1.54, 1.807) is 48.5 Å².